The Balaban J connectivity index is 1.94. The Morgan fingerprint density at radius 3 is 2.71 bits per heavy atom. The van der Waals surface area contributed by atoms with Gasteiger partial charge in [0.1, 0.15) is 11.3 Å². The predicted molar refractivity (Wildman–Crippen MR) is 90.9 cm³/mol. The van der Waals surface area contributed by atoms with Crippen LogP contribution in [0.25, 0.3) is 11.0 Å². The average Bonchev–Trinajstić information content (AvgIpc) is 2.54. The number of nitrogens with one attached hydrogen (secondary N) is 1. The van der Waals surface area contributed by atoms with E-state index in [-0.39, 0.29) is 4.90 Å². The minimum atomic E-state index is -3.77. The molecule has 0 aliphatic carbocycles. The zero-order valence-corrected chi connectivity index (χ0v) is 13.7. The first-order chi connectivity index (χ1) is 11.5. The van der Waals surface area contributed by atoms with Crippen LogP contribution in [-0.2, 0) is 10.0 Å². The molecule has 0 aliphatic heterocycles. The van der Waals surface area contributed by atoms with Gasteiger partial charge in [0.2, 0.25) is 0 Å². The maximum absolute atomic E-state index is 12.5. The standard InChI is InChI=1S/C17H15NO5S/c1-2-22-14-5-3-4-13(11-14)18-24(20,21)15-7-8-16-12(10-15)6-9-17(19)23-16/h3-11,18H,2H2,1H3. The quantitative estimate of drug-likeness (QED) is 0.719. The molecule has 124 valence electrons. The summed E-state index contributed by atoms with van der Waals surface area (Å²) in [5.41, 5.74) is 0.254. The Morgan fingerprint density at radius 1 is 1.08 bits per heavy atom. The van der Waals surface area contributed by atoms with E-state index in [1.165, 1.54) is 30.3 Å². The van der Waals surface area contributed by atoms with Gasteiger partial charge < -0.3 is 9.15 Å². The highest BCUT2D eigenvalue weighted by atomic mass is 32.2. The van der Waals surface area contributed by atoms with Crippen LogP contribution in [0.15, 0.2) is 68.7 Å². The lowest BCUT2D eigenvalue weighted by Gasteiger charge is -2.10. The van der Waals surface area contributed by atoms with Crippen molar-refractivity contribution in [2.24, 2.45) is 0 Å². The van der Waals surface area contributed by atoms with E-state index in [9.17, 15) is 13.2 Å². The lowest BCUT2D eigenvalue weighted by molar-refractivity contribution is 0.340. The van der Waals surface area contributed by atoms with Gasteiger partial charge in [0.15, 0.2) is 0 Å². The summed E-state index contributed by atoms with van der Waals surface area (Å²) in [6.45, 7) is 2.34. The molecule has 3 aromatic rings. The van der Waals surface area contributed by atoms with Crippen LogP contribution in [0.4, 0.5) is 5.69 Å². The number of anilines is 1. The number of fused-ring (bicyclic) bond motifs is 1. The van der Waals surface area contributed by atoms with Crippen molar-refractivity contribution in [1.29, 1.82) is 0 Å². The molecule has 0 spiro atoms. The van der Waals surface area contributed by atoms with Gasteiger partial charge in [-0.25, -0.2) is 13.2 Å². The van der Waals surface area contributed by atoms with Crippen LogP contribution in [0.3, 0.4) is 0 Å². The molecule has 1 heterocycles. The minimum absolute atomic E-state index is 0.0747. The smallest absolute Gasteiger partial charge is 0.336 e. The fourth-order valence-electron chi connectivity index (χ4n) is 2.25. The zero-order valence-electron chi connectivity index (χ0n) is 12.9. The van der Waals surface area contributed by atoms with Gasteiger partial charge in [-0.1, -0.05) is 6.07 Å². The summed E-state index contributed by atoms with van der Waals surface area (Å²) in [5.74, 6) is 0.581. The summed E-state index contributed by atoms with van der Waals surface area (Å²) in [5, 5.41) is 0.528. The van der Waals surface area contributed by atoms with Gasteiger partial charge in [0, 0.05) is 17.5 Å². The largest absolute Gasteiger partial charge is 0.494 e. The average molecular weight is 345 g/mol. The maximum Gasteiger partial charge on any atom is 0.336 e. The monoisotopic (exact) mass is 345 g/mol. The molecule has 7 heteroatoms. The van der Waals surface area contributed by atoms with Crippen LogP contribution >= 0.6 is 0 Å². The zero-order chi connectivity index (χ0) is 17.2. The van der Waals surface area contributed by atoms with Crippen molar-refractivity contribution in [2.75, 3.05) is 11.3 Å². The number of rotatable bonds is 5. The summed E-state index contributed by atoms with van der Waals surface area (Å²) in [4.78, 5) is 11.3. The fraction of sp³-hybridized carbons (Fsp3) is 0.118. The van der Waals surface area contributed by atoms with Crippen LogP contribution < -0.4 is 15.1 Å². The Bertz CT molecular complexity index is 1040. The third kappa shape index (κ3) is 3.41. The van der Waals surface area contributed by atoms with Crippen molar-refractivity contribution in [3.63, 3.8) is 0 Å². The minimum Gasteiger partial charge on any atom is -0.494 e. The summed E-state index contributed by atoms with van der Waals surface area (Å²) in [6.07, 6.45) is 0. The number of sulfonamides is 1. The van der Waals surface area contributed by atoms with E-state index < -0.39 is 15.6 Å². The molecule has 0 aliphatic rings. The van der Waals surface area contributed by atoms with Gasteiger partial charge in [-0.3, -0.25) is 4.72 Å². The van der Waals surface area contributed by atoms with Gasteiger partial charge in [-0.05, 0) is 43.3 Å². The molecule has 0 atom stereocenters. The second-order valence-electron chi connectivity index (χ2n) is 5.02. The Kier molecular flexibility index (Phi) is 4.26. The molecule has 0 radical (unpaired) electrons. The van der Waals surface area contributed by atoms with Gasteiger partial charge in [-0.2, -0.15) is 0 Å². The molecule has 1 N–H and O–H groups in total. The van der Waals surface area contributed by atoms with Crippen molar-refractivity contribution in [3.05, 3.63) is 65.0 Å². The van der Waals surface area contributed by atoms with E-state index in [4.69, 9.17) is 9.15 Å². The summed E-state index contributed by atoms with van der Waals surface area (Å²) in [6, 6.07) is 13.8. The molecule has 3 rings (SSSR count). The molecule has 0 amide bonds. The molecule has 24 heavy (non-hydrogen) atoms. The highest BCUT2D eigenvalue weighted by Gasteiger charge is 2.15. The van der Waals surface area contributed by atoms with E-state index >= 15 is 0 Å². The molecular formula is C17H15NO5S. The molecule has 0 unspecified atom stereocenters. The Hall–Kier alpha value is -2.80. The van der Waals surface area contributed by atoms with Crippen molar-refractivity contribution >= 4 is 26.7 Å². The number of benzene rings is 2. The molecule has 6 nitrogen and oxygen atoms in total. The van der Waals surface area contributed by atoms with Crippen molar-refractivity contribution in [2.45, 2.75) is 11.8 Å². The highest BCUT2D eigenvalue weighted by Crippen LogP contribution is 2.23. The fourth-order valence-corrected chi connectivity index (χ4v) is 3.33. The first-order valence-corrected chi connectivity index (χ1v) is 8.76. The third-order valence-electron chi connectivity index (χ3n) is 3.30. The highest BCUT2D eigenvalue weighted by molar-refractivity contribution is 7.92. The van der Waals surface area contributed by atoms with Crippen LogP contribution in [0.5, 0.6) is 5.75 Å². The van der Waals surface area contributed by atoms with Crippen molar-refractivity contribution in [3.8, 4) is 5.75 Å². The van der Waals surface area contributed by atoms with E-state index in [1.54, 1.807) is 24.3 Å². The second-order valence-corrected chi connectivity index (χ2v) is 6.70. The van der Waals surface area contributed by atoms with Gasteiger partial charge in [-0.15, -0.1) is 0 Å². The first-order valence-electron chi connectivity index (χ1n) is 7.27. The molecule has 0 bridgehead atoms. The number of hydrogen-bond acceptors (Lipinski definition) is 5. The van der Waals surface area contributed by atoms with Gasteiger partial charge in [0.05, 0.1) is 17.2 Å². The maximum atomic E-state index is 12.5. The third-order valence-corrected chi connectivity index (χ3v) is 4.68. The van der Waals surface area contributed by atoms with Gasteiger partial charge >= 0.3 is 5.63 Å². The van der Waals surface area contributed by atoms with Crippen LogP contribution in [0, 0.1) is 0 Å². The lowest BCUT2D eigenvalue weighted by atomic mass is 10.2. The normalized spacial score (nSPS) is 11.4. The molecule has 1 aromatic heterocycles. The van der Waals surface area contributed by atoms with Crippen LogP contribution in [0.1, 0.15) is 6.92 Å². The van der Waals surface area contributed by atoms with E-state index in [2.05, 4.69) is 4.72 Å². The molecular weight excluding hydrogens is 330 g/mol. The Morgan fingerprint density at radius 2 is 1.92 bits per heavy atom. The van der Waals surface area contributed by atoms with Gasteiger partial charge in [0.25, 0.3) is 10.0 Å². The topological polar surface area (TPSA) is 85.6 Å². The van der Waals surface area contributed by atoms with E-state index in [1.807, 2.05) is 6.92 Å². The van der Waals surface area contributed by atoms with E-state index in [0.717, 1.165) is 0 Å². The van der Waals surface area contributed by atoms with E-state index in [0.29, 0.717) is 29.0 Å². The molecule has 0 fully saturated rings. The lowest BCUT2D eigenvalue weighted by Crippen LogP contribution is -2.13. The Labute approximate surface area is 138 Å². The summed E-state index contributed by atoms with van der Waals surface area (Å²) < 4.78 is 37.9. The number of ether oxygens (including phenoxy) is 1. The van der Waals surface area contributed by atoms with Crippen LogP contribution in [0.2, 0.25) is 0 Å². The summed E-state index contributed by atoms with van der Waals surface area (Å²) >= 11 is 0. The molecule has 0 saturated carbocycles. The second kappa shape index (κ2) is 6.37. The first kappa shape index (κ1) is 16.1. The summed E-state index contributed by atoms with van der Waals surface area (Å²) in [7, 11) is -3.77. The molecule has 0 saturated heterocycles. The predicted octanol–water partition coefficient (Wildman–Crippen LogP) is 2.99. The van der Waals surface area contributed by atoms with Crippen molar-refractivity contribution in [1.82, 2.24) is 0 Å². The number of hydrogen-bond donors (Lipinski definition) is 1. The SMILES string of the molecule is CCOc1cccc(NS(=O)(=O)c2ccc3oc(=O)ccc3c2)c1. The molecule has 2 aromatic carbocycles. The van der Waals surface area contributed by atoms with Crippen molar-refractivity contribution < 1.29 is 17.6 Å². The van der Waals surface area contributed by atoms with Crippen LogP contribution in [-0.4, -0.2) is 15.0 Å².